The molecular weight excluding hydrogens is 440 g/mol. The molecule has 3 aromatic heterocycles. The predicted molar refractivity (Wildman–Crippen MR) is 125 cm³/mol. The average molecular weight is 467 g/mol. The Morgan fingerprint density at radius 2 is 2.15 bits per heavy atom. The smallest absolute Gasteiger partial charge is 0.326 e. The van der Waals surface area contributed by atoms with Crippen molar-refractivity contribution in [3.8, 4) is 11.6 Å². The van der Waals surface area contributed by atoms with Crippen molar-refractivity contribution in [3.05, 3.63) is 57.5 Å². The first-order valence-electron chi connectivity index (χ1n) is 10.8. The topological polar surface area (TPSA) is 155 Å². The van der Waals surface area contributed by atoms with Crippen molar-refractivity contribution in [2.75, 3.05) is 25.1 Å². The molecule has 4 aromatic rings. The molecule has 4 rings (SSSR count). The fourth-order valence-electron chi connectivity index (χ4n) is 3.19. The largest absolute Gasteiger partial charge is 0.493 e. The Morgan fingerprint density at radius 3 is 2.88 bits per heavy atom. The monoisotopic (exact) mass is 466 g/mol. The summed E-state index contributed by atoms with van der Waals surface area (Å²) in [6, 6.07) is 7.47. The van der Waals surface area contributed by atoms with Gasteiger partial charge in [0.25, 0.3) is 5.62 Å². The molecule has 4 N–H and O–H groups in total. The second-order valence-corrected chi connectivity index (χ2v) is 7.57. The van der Waals surface area contributed by atoms with Crippen LogP contribution in [0.5, 0.6) is 11.6 Å². The maximum atomic E-state index is 11.5. The number of benzene rings is 1. The highest BCUT2D eigenvalue weighted by Crippen LogP contribution is 2.20. The summed E-state index contributed by atoms with van der Waals surface area (Å²) in [4.78, 5) is 29.9. The van der Waals surface area contributed by atoms with Crippen molar-refractivity contribution >= 4 is 23.4 Å². The second kappa shape index (κ2) is 10.2. The predicted octanol–water partition coefficient (Wildman–Crippen LogP) is 0.862. The Kier molecular flexibility index (Phi) is 6.87. The van der Waals surface area contributed by atoms with Gasteiger partial charge in [0.05, 0.1) is 25.5 Å². The third-order valence-electron chi connectivity index (χ3n) is 4.57. The molecule has 0 unspecified atom stereocenters. The van der Waals surface area contributed by atoms with Crippen LogP contribution in [0.25, 0.3) is 11.7 Å². The zero-order valence-electron chi connectivity index (χ0n) is 19.1. The molecule has 1 aromatic carbocycles. The Bertz CT molecular complexity index is 1450. The van der Waals surface area contributed by atoms with Gasteiger partial charge in [-0.25, -0.2) is 9.79 Å². The van der Waals surface area contributed by atoms with Crippen molar-refractivity contribution in [2.24, 2.45) is 4.99 Å². The van der Waals surface area contributed by atoms with E-state index < -0.39 is 5.69 Å². The highest BCUT2D eigenvalue weighted by atomic mass is 16.5. The first-order valence-corrected chi connectivity index (χ1v) is 10.8. The number of nitrogens with zero attached hydrogens (tertiary/aromatic N) is 5. The summed E-state index contributed by atoms with van der Waals surface area (Å²) >= 11 is 0. The summed E-state index contributed by atoms with van der Waals surface area (Å²) in [5.74, 6) is 0.736. The van der Waals surface area contributed by atoms with E-state index in [1.54, 1.807) is 12.3 Å². The first-order chi connectivity index (χ1) is 16.4. The fraction of sp³-hybridized carbons (Fsp3) is 0.318. The SMILES string of the molecule is CCOCCN=c1nc(Nc2cccc(OC(C)C)c2)nc2/c(=C/c3[nH]c(=O)[nH]c3O)cnn12. The number of imidazole rings is 1. The fourth-order valence-corrected chi connectivity index (χ4v) is 3.19. The van der Waals surface area contributed by atoms with Gasteiger partial charge in [-0.1, -0.05) is 6.07 Å². The van der Waals surface area contributed by atoms with E-state index >= 15 is 0 Å². The Labute approximate surface area is 194 Å². The maximum Gasteiger partial charge on any atom is 0.326 e. The van der Waals surface area contributed by atoms with E-state index in [4.69, 9.17) is 9.47 Å². The minimum atomic E-state index is -0.521. The Balaban J connectivity index is 1.79. The molecule has 0 saturated carbocycles. The third kappa shape index (κ3) is 5.41. The first kappa shape index (κ1) is 23.0. The van der Waals surface area contributed by atoms with E-state index in [0.717, 1.165) is 5.69 Å². The maximum absolute atomic E-state index is 11.5. The van der Waals surface area contributed by atoms with Crippen LogP contribution in [0.2, 0.25) is 0 Å². The number of hydrogen-bond acceptors (Lipinski definition) is 9. The van der Waals surface area contributed by atoms with Gasteiger partial charge >= 0.3 is 5.69 Å². The zero-order chi connectivity index (χ0) is 24.1. The summed E-state index contributed by atoms with van der Waals surface area (Å²) in [5, 5.41) is 18.0. The normalized spacial score (nSPS) is 12.7. The molecule has 34 heavy (non-hydrogen) atoms. The lowest BCUT2D eigenvalue weighted by molar-refractivity contribution is 0.155. The number of ether oxygens (including phenoxy) is 2. The van der Waals surface area contributed by atoms with Crippen molar-refractivity contribution in [1.82, 2.24) is 29.5 Å². The number of anilines is 2. The van der Waals surface area contributed by atoms with Crippen molar-refractivity contribution < 1.29 is 14.6 Å². The molecule has 178 valence electrons. The second-order valence-electron chi connectivity index (χ2n) is 7.57. The number of aromatic hydroxyl groups is 1. The lowest BCUT2D eigenvalue weighted by Gasteiger charge is -2.11. The quantitative estimate of drug-likeness (QED) is 0.265. The molecular formula is C22H26N8O4. The number of fused-ring (bicyclic) bond motifs is 1. The summed E-state index contributed by atoms with van der Waals surface area (Å²) in [6.07, 6.45) is 3.16. The zero-order valence-corrected chi connectivity index (χ0v) is 19.1. The number of rotatable bonds is 9. The number of nitrogens with one attached hydrogen (secondary N) is 3. The van der Waals surface area contributed by atoms with E-state index in [1.807, 2.05) is 45.0 Å². The van der Waals surface area contributed by atoms with Crippen molar-refractivity contribution in [2.45, 2.75) is 26.9 Å². The minimum absolute atomic E-state index is 0.0415. The average Bonchev–Trinajstić information content (AvgIpc) is 3.33. The van der Waals surface area contributed by atoms with Crippen LogP contribution >= 0.6 is 0 Å². The molecule has 0 amide bonds. The number of aromatic amines is 2. The van der Waals surface area contributed by atoms with Crippen molar-refractivity contribution in [1.29, 1.82) is 0 Å². The Hall–Kier alpha value is -4.19. The summed E-state index contributed by atoms with van der Waals surface area (Å²) in [5.41, 5.74) is 1.19. The van der Waals surface area contributed by atoms with Gasteiger partial charge in [-0.15, -0.1) is 0 Å². The van der Waals surface area contributed by atoms with Gasteiger partial charge in [0, 0.05) is 23.6 Å². The molecule has 0 spiro atoms. The Morgan fingerprint density at radius 1 is 1.29 bits per heavy atom. The molecule has 0 atom stereocenters. The summed E-state index contributed by atoms with van der Waals surface area (Å²) in [6.45, 7) is 7.26. The molecule has 0 aliphatic heterocycles. The highest BCUT2D eigenvalue weighted by molar-refractivity contribution is 5.60. The molecule has 0 bridgehead atoms. The molecule has 0 aliphatic carbocycles. The van der Waals surface area contributed by atoms with Gasteiger partial charge in [-0.3, -0.25) is 4.98 Å². The van der Waals surface area contributed by atoms with Gasteiger partial charge in [0.1, 0.15) is 11.4 Å². The molecule has 0 radical (unpaired) electrons. The van der Waals surface area contributed by atoms with Gasteiger partial charge < -0.3 is 24.9 Å². The molecule has 0 fully saturated rings. The lowest BCUT2D eigenvalue weighted by atomic mass is 10.3. The van der Waals surface area contributed by atoms with E-state index in [1.165, 1.54) is 4.52 Å². The number of H-pyrrole nitrogens is 2. The summed E-state index contributed by atoms with van der Waals surface area (Å²) < 4.78 is 12.6. The molecule has 12 heteroatoms. The van der Waals surface area contributed by atoms with Crippen LogP contribution in [-0.4, -0.2) is 60.5 Å². The third-order valence-corrected chi connectivity index (χ3v) is 4.57. The van der Waals surface area contributed by atoms with Gasteiger partial charge in [0.2, 0.25) is 11.8 Å². The molecule has 0 saturated heterocycles. The van der Waals surface area contributed by atoms with Crippen LogP contribution in [0.15, 0.2) is 40.2 Å². The molecule has 3 heterocycles. The number of aromatic nitrogens is 6. The van der Waals surface area contributed by atoms with E-state index in [9.17, 15) is 9.90 Å². The van der Waals surface area contributed by atoms with Crippen LogP contribution in [0, 0.1) is 0 Å². The van der Waals surface area contributed by atoms with Crippen LogP contribution < -0.4 is 26.6 Å². The summed E-state index contributed by atoms with van der Waals surface area (Å²) in [7, 11) is 0. The molecule has 0 aliphatic rings. The molecule has 12 nitrogen and oxygen atoms in total. The van der Waals surface area contributed by atoms with E-state index in [0.29, 0.717) is 47.9 Å². The van der Waals surface area contributed by atoms with Gasteiger partial charge in [-0.2, -0.15) is 19.6 Å². The van der Waals surface area contributed by atoms with Gasteiger partial charge in [0.15, 0.2) is 5.65 Å². The lowest BCUT2D eigenvalue weighted by Crippen LogP contribution is -2.24. The van der Waals surface area contributed by atoms with Crippen molar-refractivity contribution in [3.63, 3.8) is 0 Å². The van der Waals surface area contributed by atoms with Crippen LogP contribution in [0.3, 0.4) is 0 Å². The highest BCUT2D eigenvalue weighted by Gasteiger charge is 2.10. The standard InChI is InChI=1S/C22H26N8O4/c1-4-33-9-8-23-21-29-20(25-15-6-5-7-16(11-15)34-13(2)3)27-18-14(12-24-30(18)21)10-17-19(31)28-22(32)26-17/h5-7,10-13,31H,4,8-9H2,1-3H3,(H,23,25,29)(H2,26,28,32)/b14-10+. The van der Waals surface area contributed by atoms with E-state index in [-0.39, 0.29) is 17.7 Å². The minimum Gasteiger partial charge on any atom is -0.493 e. The van der Waals surface area contributed by atoms with Crippen LogP contribution in [0.4, 0.5) is 11.6 Å². The van der Waals surface area contributed by atoms with Crippen LogP contribution in [-0.2, 0) is 4.74 Å². The number of hydrogen-bond donors (Lipinski definition) is 4. The van der Waals surface area contributed by atoms with Gasteiger partial charge in [-0.05, 0) is 39.0 Å². The van der Waals surface area contributed by atoms with Crippen LogP contribution in [0.1, 0.15) is 26.5 Å². The van der Waals surface area contributed by atoms with E-state index in [2.05, 4.69) is 35.3 Å².